The molecule has 0 unspecified atom stereocenters. The number of carboxylic acid groups (broad SMARTS) is 1. The Balaban J connectivity index is 2.03. The monoisotopic (exact) mass is 263 g/mol. The molecule has 19 heavy (non-hydrogen) atoms. The third kappa shape index (κ3) is 3.06. The number of benzene rings is 1. The first kappa shape index (κ1) is 12.6. The average molecular weight is 263 g/mol. The van der Waals surface area contributed by atoms with E-state index in [1.807, 2.05) is 0 Å². The van der Waals surface area contributed by atoms with Crippen LogP contribution in [0.1, 0.15) is 10.5 Å². The Hall–Kier alpha value is -2.90. The van der Waals surface area contributed by atoms with Gasteiger partial charge in [-0.3, -0.25) is 10.1 Å². The topological polar surface area (TPSA) is 107 Å². The minimum Gasteiger partial charge on any atom is -0.476 e. The summed E-state index contributed by atoms with van der Waals surface area (Å²) in [5.41, 5.74) is -0.174. The molecule has 1 heterocycles. The van der Waals surface area contributed by atoms with Crippen molar-refractivity contribution < 1.29 is 19.6 Å². The van der Waals surface area contributed by atoms with Crippen LogP contribution in [0.2, 0.25) is 0 Å². The van der Waals surface area contributed by atoms with Gasteiger partial charge in [-0.05, 0) is 12.1 Å². The quantitative estimate of drug-likeness (QED) is 0.647. The smallest absolute Gasteiger partial charge is 0.356 e. The Kier molecular flexibility index (Phi) is 3.42. The molecule has 0 spiro atoms. The van der Waals surface area contributed by atoms with Crippen LogP contribution < -0.4 is 4.74 Å². The van der Waals surface area contributed by atoms with Crippen molar-refractivity contribution in [2.45, 2.75) is 6.73 Å². The Morgan fingerprint density at radius 2 is 2.26 bits per heavy atom. The van der Waals surface area contributed by atoms with Crippen molar-refractivity contribution in [1.82, 2.24) is 9.78 Å². The predicted octanol–water partition coefficient (Wildman–Crippen LogP) is 1.53. The van der Waals surface area contributed by atoms with Gasteiger partial charge in [0, 0.05) is 12.3 Å². The summed E-state index contributed by atoms with van der Waals surface area (Å²) in [5.74, 6) is -0.823. The second-order valence-electron chi connectivity index (χ2n) is 3.57. The summed E-state index contributed by atoms with van der Waals surface area (Å²) in [5, 5.41) is 23.0. The van der Waals surface area contributed by atoms with Crippen molar-refractivity contribution in [3.05, 3.63) is 52.3 Å². The maximum Gasteiger partial charge on any atom is 0.356 e. The first-order chi connectivity index (χ1) is 9.06. The van der Waals surface area contributed by atoms with E-state index in [1.165, 1.54) is 35.1 Å². The van der Waals surface area contributed by atoms with E-state index in [-0.39, 0.29) is 18.1 Å². The van der Waals surface area contributed by atoms with Crippen LogP contribution in [0.15, 0.2) is 36.5 Å². The number of hydrogen-bond donors (Lipinski definition) is 1. The molecule has 0 fully saturated rings. The third-order valence-electron chi connectivity index (χ3n) is 2.25. The molecule has 0 aliphatic carbocycles. The molecule has 98 valence electrons. The number of nitro benzene ring substituents is 1. The molecule has 0 aliphatic rings. The summed E-state index contributed by atoms with van der Waals surface area (Å²) in [6.45, 7) is -0.0333. The Morgan fingerprint density at radius 1 is 1.47 bits per heavy atom. The summed E-state index contributed by atoms with van der Waals surface area (Å²) >= 11 is 0. The minimum atomic E-state index is -1.13. The Labute approximate surface area is 107 Å². The van der Waals surface area contributed by atoms with Gasteiger partial charge < -0.3 is 9.84 Å². The molecule has 1 N–H and O–H groups in total. The van der Waals surface area contributed by atoms with Crippen LogP contribution in [0.4, 0.5) is 5.69 Å². The molecular weight excluding hydrogens is 254 g/mol. The molecule has 0 radical (unpaired) electrons. The van der Waals surface area contributed by atoms with Crippen molar-refractivity contribution in [2.24, 2.45) is 0 Å². The fourth-order valence-corrected chi connectivity index (χ4v) is 1.38. The number of hydrogen-bond acceptors (Lipinski definition) is 5. The molecule has 2 rings (SSSR count). The van der Waals surface area contributed by atoms with Gasteiger partial charge >= 0.3 is 5.97 Å². The van der Waals surface area contributed by atoms with Crippen molar-refractivity contribution in [2.75, 3.05) is 0 Å². The van der Waals surface area contributed by atoms with Gasteiger partial charge in [-0.15, -0.1) is 0 Å². The van der Waals surface area contributed by atoms with Crippen LogP contribution >= 0.6 is 0 Å². The van der Waals surface area contributed by atoms with Crippen LogP contribution in [0.3, 0.4) is 0 Å². The van der Waals surface area contributed by atoms with Crippen LogP contribution in [-0.4, -0.2) is 25.8 Å². The molecule has 0 atom stereocenters. The highest BCUT2D eigenvalue weighted by atomic mass is 16.6. The second kappa shape index (κ2) is 5.17. The van der Waals surface area contributed by atoms with Gasteiger partial charge in [0.25, 0.3) is 5.69 Å². The molecule has 8 heteroatoms. The number of rotatable bonds is 5. The maximum atomic E-state index is 10.6. The van der Waals surface area contributed by atoms with E-state index in [4.69, 9.17) is 9.84 Å². The van der Waals surface area contributed by atoms with Gasteiger partial charge in [0.05, 0.1) is 11.0 Å². The molecule has 8 nitrogen and oxygen atoms in total. The molecule has 0 bridgehead atoms. The van der Waals surface area contributed by atoms with Gasteiger partial charge in [0.1, 0.15) is 5.75 Å². The standard InChI is InChI=1S/C11H9N3O5/c15-11(16)10-4-5-13(12-10)7-19-9-3-1-2-8(6-9)14(17)18/h1-6H,7H2,(H,15,16). The molecule has 2 aromatic rings. The number of aromatic carboxylic acids is 1. The fourth-order valence-electron chi connectivity index (χ4n) is 1.38. The zero-order chi connectivity index (χ0) is 13.8. The SMILES string of the molecule is O=C(O)c1ccn(COc2cccc([N+](=O)[O-])c2)n1. The first-order valence-electron chi connectivity index (χ1n) is 5.20. The predicted molar refractivity (Wildman–Crippen MR) is 62.9 cm³/mol. The van der Waals surface area contributed by atoms with E-state index in [9.17, 15) is 14.9 Å². The minimum absolute atomic E-state index is 0.0333. The molecule has 0 saturated carbocycles. The Morgan fingerprint density at radius 3 is 2.89 bits per heavy atom. The van der Waals surface area contributed by atoms with Crippen molar-refractivity contribution in [1.29, 1.82) is 0 Å². The van der Waals surface area contributed by atoms with Crippen LogP contribution in [0.5, 0.6) is 5.75 Å². The zero-order valence-corrected chi connectivity index (χ0v) is 9.59. The highest BCUT2D eigenvalue weighted by molar-refractivity contribution is 5.84. The molecule has 1 aromatic heterocycles. The molecule has 0 saturated heterocycles. The van der Waals surface area contributed by atoms with Gasteiger partial charge in [0.2, 0.25) is 0 Å². The fraction of sp³-hybridized carbons (Fsp3) is 0.0909. The molecule has 0 aliphatic heterocycles. The number of non-ortho nitro benzene ring substituents is 1. The number of carbonyl (C=O) groups is 1. The van der Waals surface area contributed by atoms with Gasteiger partial charge in [0.15, 0.2) is 12.4 Å². The summed E-state index contributed by atoms with van der Waals surface area (Å²) in [7, 11) is 0. The van der Waals surface area contributed by atoms with Crippen molar-refractivity contribution >= 4 is 11.7 Å². The maximum absolute atomic E-state index is 10.6. The lowest BCUT2D eigenvalue weighted by Crippen LogP contribution is -2.07. The number of nitro groups is 1. The van der Waals surface area contributed by atoms with Crippen LogP contribution in [-0.2, 0) is 6.73 Å². The van der Waals surface area contributed by atoms with E-state index < -0.39 is 10.9 Å². The van der Waals surface area contributed by atoms with E-state index >= 15 is 0 Å². The van der Waals surface area contributed by atoms with Gasteiger partial charge in [-0.2, -0.15) is 5.10 Å². The number of ether oxygens (including phenoxy) is 1. The zero-order valence-electron chi connectivity index (χ0n) is 9.59. The van der Waals surface area contributed by atoms with Crippen molar-refractivity contribution in [3.63, 3.8) is 0 Å². The van der Waals surface area contributed by atoms with Crippen molar-refractivity contribution in [3.8, 4) is 5.75 Å². The highest BCUT2D eigenvalue weighted by Crippen LogP contribution is 2.19. The third-order valence-corrected chi connectivity index (χ3v) is 2.25. The van der Waals surface area contributed by atoms with E-state index in [0.29, 0.717) is 5.75 Å². The van der Waals surface area contributed by atoms with Gasteiger partial charge in [-0.25, -0.2) is 9.48 Å². The lowest BCUT2D eigenvalue weighted by Gasteiger charge is -2.05. The normalized spacial score (nSPS) is 10.1. The summed E-state index contributed by atoms with van der Waals surface area (Å²) in [4.78, 5) is 20.7. The summed E-state index contributed by atoms with van der Waals surface area (Å²) < 4.78 is 6.56. The second-order valence-corrected chi connectivity index (χ2v) is 3.57. The molecule has 1 aromatic carbocycles. The average Bonchev–Trinajstić information content (AvgIpc) is 2.85. The van der Waals surface area contributed by atoms with Crippen LogP contribution in [0.25, 0.3) is 0 Å². The summed E-state index contributed by atoms with van der Waals surface area (Å²) in [6.07, 6.45) is 1.45. The van der Waals surface area contributed by atoms with E-state index in [0.717, 1.165) is 0 Å². The van der Waals surface area contributed by atoms with E-state index in [1.54, 1.807) is 6.07 Å². The highest BCUT2D eigenvalue weighted by Gasteiger charge is 2.08. The first-order valence-corrected chi connectivity index (χ1v) is 5.20. The lowest BCUT2D eigenvalue weighted by molar-refractivity contribution is -0.384. The largest absolute Gasteiger partial charge is 0.476 e. The van der Waals surface area contributed by atoms with Crippen LogP contribution in [0, 0.1) is 10.1 Å². The molecule has 0 amide bonds. The number of nitrogens with zero attached hydrogens (tertiary/aromatic N) is 3. The number of aromatic nitrogens is 2. The summed E-state index contributed by atoms with van der Waals surface area (Å²) in [6, 6.07) is 7.03. The molecular formula is C11H9N3O5. The number of carboxylic acids is 1. The van der Waals surface area contributed by atoms with E-state index in [2.05, 4.69) is 5.10 Å². The van der Waals surface area contributed by atoms with Gasteiger partial charge in [-0.1, -0.05) is 6.07 Å². The Bertz CT molecular complexity index is 622. The lowest BCUT2D eigenvalue weighted by atomic mass is 10.3.